The maximum Gasteiger partial charge on any atom is 0.262 e. The molecule has 3 heterocycles. The minimum absolute atomic E-state index is 0.223. The second kappa shape index (κ2) is 12.4. The number of hydrogen-bond donors (Lipinski definition) is 4. The number of aryl methyl sites for hydroxylation is 1. The number of carbonyl (C=O) groups excluding carboxylic acids is 1. The van der Waals surface area contributed by atoms with E-state index >= 15 is 0 Å². The second-order valence-electron chi connectivity index (χ2n) is 9.03. The van der Waals surface area contributed by atoms with Crippen molar-refractivity contribution in [2.45, 2.75) is 40.2 Å². The van der Waals surface area contributed by atoms with Crippen molar-refractivity contribution in [3.63, 3.8) is 0 Å². The summed E-state index contributed by atoms with van der Waals surface area (Å²) >= 11 is 0. The monoisotopic (exact) mass is 529 g/mol. The molecule has 5 N–H and O–H groups in total. The fourth-order valence-electron chi connectivity index (χ4n) is 4.52. The molecule has 204 valence electrons. The van der Waals surface area contributed by atoms with Gasteiger partial charge in [0.05, 0.1) is 28.1 Å². The Balaban J connectivity index is 0.00000172. The van der Waals surface area contributed by atoms with Crippen LogP contribution in [-0.4, -0.2) is 33.5 Å². The lowest BCUT2D eigenvalue weighted by Gasteiger charge is -2.17. The van der Waals surface area contributed by atoms with Crippen LogP contribution in [0.4, 0.5) is 34.4 Å². The van der Waals surface area contributed by atoms with Gasteiger partial charge >= 0.3 is 0 Å². The minimum atomic E-state index is -0.303. The molecule has 2 aromatic carbocycles. The Hall–Kier alpha value is -4.51. The maximum absolute atomic E-state index is 12.8. The summed E-state index contributed by atoms with van der Waals surface area (Å²) in [5.74, 6) is -0.0112. The van der Waals surface area contributed by atoms with E-state index in [4.69, 9.17) is 5.73 Å². The highest BCUT2D eigenvalue weighted by atomic mass is 16.1. The van der Waals surface area contributed by atoms with Crippen LogP contribution in [-0.2, 0) is 18.4 Å². The summed E-state index contributed by atoms with van der Waals surface area (Å²) < 4.78 is 1.76. The molecule has 0 spiro atoms. The molecular formula is C28H35N9O2. The number of fused-ring (bicyclic) bond motifs is 1. The highest BCUT2D eigenvalue weighted by Gasteiger charge is 2.15. The van der Waals surface area contributed by atoms with E-state index in [1.807, 2.05) is 26.0 Å². The van der Waals surface area contributed by atoms with Crippen LogP contribution in [0, 0.1) is 0 Å². The number of nitrogens with two attached hydrogens (primary N) is 1. The van der Waals surface area contributed by atoms with Gasteiger partial charge in [-0.15, -0.1) is 0 Å². The molecule has 0 radical (unpaired) electrons. The van der Waals surface area contributed by atoms with Crippen LogP contribution in [0.5, 0.6) is 0 Å². The third-order valence-electron chi connectivity index (χ3n) is 6.29. The van der Waals surface area contributed by atoms with Gasteiger partial charge in [-0.2, -0.15) is 15.2 Å². The number of hydrogen-bond acceptors (Lipinski definition) is 8. The standard InChI is InChI=1S/C26H29N9O2.C2H6/c1-16(36)28-21-10-7-19(33-32-18-5-8-20(9-6-18)35-11-3-4-12-35)13-22(21)29-26-30-24-23(25(37)31-26)17(14-27)15-34(24)2;1-2/h5-10,13,15H,3-4,11-12,14,27H2,1-2H3,(H,28,36)(H2,29,30,31,37);1-2H3. The molecule has 0 saturated carbocycles. The highest BCUT2D eigenvalue weighted by molar-refractivity contribution is 5.94. The Kier molecular flexibility index (Phi) is 8.72. The van der Waals surface area contributed by atoms with E-state index in [-0.39, 0.29) is 24.0 Å². The summed E-state index contributed by atoms with van der Waals surface area (Å²) in [6.07, 6.45) is 4.24. The van der Waals surface area contributed by atoms with Gasteiger partial charge in [0.1, 0.15) is 5.65 Å². The Bertz CT molecular complexity index is 1530. The van der Waals surface area contributed by atoms with Gasteiger partial charge in [-0.3, -0.25) is 14.6 Å². The number of azo groups is 1. The molecule has 11 heteroatoms. The van der Waals surface area contributed by atoms with Crippen molar-refractivity contribution in [1.82, 2.24) is 14.5 Å². The van der Waals surface area contributed by atoms with Crippen LogP contribution >= 0.6 is 0 Å². The van der Waals surface area contributed by atoms with Gasteiger partial charge in [0.25, 0.3) is 5.56 Å². The quantitative estimate of drug-likeness (QED) is 0.234. The van der Waals surface area contributed by atoms with Gasteiger partial charge in [0, 0.05) is 45.5 Å². The van der Waals surface area contributed by atoms with Gasteiger partial charge in [0.15, 0.2) is 0 Å². The predicted molar refractivity (Wildman–Crippen MR) is 157 cm³/mol. The molecule has 0 bridgehead atoms. The molecule has 5 rings (SSSR count). The first-order chi connectivity index (χ1) is 18.9. The van der Waals surface area contributed by atoms with Crippen LogP contribution in [0.15, 0.2) is 63.7 Å². The molecule has 1 aliphatic heterocycles. The van der Waals surface area contributed by atoms with E-state index in [2.05, 4.69) is 47.9 Å². The normalized spacial score (nSPS) is 13.0. The number of carbonyl (C=O) groups is 1. The zero-order valence-corrected chi connectivity index (χ0v) is 22.8. The average Bonchev–Trinajstić information content (AvgIpc) is 3.59. The van der Waals surface area contributed by atoms with Crippen molar-refractivity contribution < 1.29 is 4.79 Å². The van der Waals surface area contributed by atoms with Gasteiger partial charge < -0.3 is 25.8 Å². The molecule has 4 aromatic rings. The predicted octanol–water partition coefficient (Wildman–Crippen LogP) is 5.46. The lowest BCUT2D eigenvalue weighted by molar-refractivity contribution is -0.114. The van der Waals surface area contributed by atoms with E-state index in [9.17, 15) is 9.59 Å². The zero-order valence-electron chi connectivity index (χ0n) is 22.8. The molecule has 0 unspecified atom stereocenters. The van der Waals surface area contributed by atoms with Crippen LogP contribution in [0.3, 0.4) is 0 Å². The Morgan fingerprint density at radius 2 is 1.72 bits per heavy atom. The van der Waals surface area contributed by atoms with E-state index in [0.717, 1.165) is 18.8 Å². The van der Waals surface area contributed by atoms with Crippen molar-refractivity contribution in [2.24, 2.45) is 23.0 Å². The fraction of sp³-hybridized carbons (Fsp3) is 0.321. The molecule has 39 heavy (non-hydrogen) atoms. The molecule has 2 aromatic heterocycles. The number of H-pyrrole nitrogens is 1. The number of aromatic amines is 1. The summed E-state index contributed by atoms with van der Waals surface area (Å²) in [4.78, 5) is 34.2. The zero-order chi connectivity index (χ0) is 27.9. The summed E-state index contributed by atoms with van der Waals surface area (Å²) in [5.41, 5.74) is 10.2. The van der Waals surface area contributed by atoms with E-state index < -0.39 is 0 Å². The third-order valence-corrected chi connectivity index (χ3v) is 6.29. The van der Waals surface area contributed by atoms with Gasteiger partial charge in [-0.1, -0.05) is 13.8 Å². The fourth-order valence-corrected chi connectivity index (χ4v) is 4.52. The summed E-state index contributed by atoms with van der Waals surface area (Å²) in [6.45, 7) is 7.83. The SMILES string of the molecule is CC.CC(=O)Nc1ccc(N=Nc2ccc(N3CCCC3)cc2)cc1Nc1nc2c(c(CN)cn2C)c(=O)[nH]1. The number of anilines is 4. The lowest BCUT2D eigenvalue weighted by atomic mass is 10.2. The van der Waals surface area contributed by atoms with E-state index in [1.54, 1.807) is 36.0 Å². The molecule has 1 amide bonds. The van der Waals surface area contributed by atoms with E-state index in [0.29, 0.717) is 33.7 Å². The topological polar surface area (TPSA) is 146 Å². The first-order valence-corrected chi connectivity index (χ1v) is 13.1. The van der Waals surface area contributed by atoms with Crippen molar-refractivity contribution in [3.05, 3.63) is 64.6 Å². The van der Waals surface area contributed by atoms with Gasteiger partial charge in [-0.05, 0) is 60.9 Å². The lowest BCUT2D eigenvalue weighted by Crippen LogP contribution is -2.17. The summed E-state index contributed by atoms with van der Waals surface area (Å²) in [5, 5.41) is 15.1. The Morgan fingerprint density at radius 3 is 2.38 bits per heavy atom. The smallest absolute Gasteiger partial charge is 0.262 e. The summed E-state index contributed by atoms with van der Waals surface area (Å²) in [7, 11) is 1.80. The molecule has 0 aliphatic carbocycles. The van der Waals surface area contributed by atoms with Crippen molar-refractivity contribution >= 4 is 51.3 Å². The van der Waals surface area contributed by atoms with E-state index in [1.165, 1.54) is 25.5 Å². The number of benzene rings is 2. The van der Waals surface area contributed by atoms with Gasteiger partial charge in [-0.25, -0.2) is 0 Å². The Labute approximate surface area is 227 Å². The average molecular weight is 530 g/mol. The number of nitrogens with one attached hydrogen (secondary N) is 3. The van der Waals surface area contributed by atoms with Gasteiger partial charge in [0.2, 0.25) is 11.9 Å². The number of aromatic nitrogens is 3. The van der Waals surface area contributed by atoms with Crippen LogP contribution in [0.25, 0.3) is 11.0 Å². The number of amides is 1. The molecule has 1 fully saturated rings. The van der Waals surface area contributed by atoms with Crippen LogP contribution in [0.1, 0.15) is 39.2 Å². The molecule has 1 aliphatic rings. The number of nitrogens with zero attached hydrogens (tertiary/aromatic N) is 5. The second-order valence-corrected chi connectivity index (χ2v) is 9.03. The number of rotatable bonds is 7. The maximum atomic E-state index is 12.8. The van der Waals surface area contributed by atoms with Crippen LogP contribution < -0.4 is 26.8 Å². The Morgan fingerprint density at radius 1 is 1.05 bits per heavy atom. The molecule has 11 nitrogen and oxygen atoms in total. The first kappa shape index (κ1) is 27.5. The molecule has 1 saturated heterocycles. The van der Waals surface area contributed by atoms with Crippen molar-refractivity contribution in [3.8, 4) is 0 Å². The largest absolute Gasteiger partial charge is 0.372 e. The molecule has 0 atom stereocenters. The van der Waals surface area contributed by atoms with Crippen molar-refractivity contribution in [2.75, 3.05) is 28.6 Å². The van der Waals surface area contributed by atoms with Crippen LogP contribution in [0.2, 0.25) is 0 Å². The summed E-state index contributed by atoms with van der Waals surface area (Å²) in [6, 6.07) is 13.2. The van der Waals surface area contributed by atoms with Crippen molar-refractivity contribution in [1.29, 1.82) is 0 Å². The molecular weight excluding hydrogens is 494 g/mol. The minimum Gasteiger partial charge on any atom is -0.372 e. The highest BCUT2D eigenvalue weighted by Crippen LogP contribution is 2.31. The first-order valence-electron chi connectivity index (χ1n) is 13.1. The third kappa shape index (κ3) is 6.32.